The van der Waals surface area contributed by atoms with Crippen LogP contribution in [0.2, 0.25) is 0 Å². The summed E-state index contributed by atoms with van der Waals surface area (Å²) in [6.07, 6.45) is 0. The molecular formula is C4H10O3. The van der Waals surface area contributed by atoms with Crippen molar-refractivity contribution in [2.75, 3.05) is 13.7 Å². The Kier molecular flexibility index (Phi) is 24.9. The van der Waals surface area contributed by atoms with Crippen molar-refractivity contribution in [3.05, 3.63) is 0 Å². The molecule has 44 valence electrons. The van der Waals surface area contributed by atoms with E-state index in [0.717, 1.165) is 0 Å². The first kappa shape index (κ1) is 9.66. The monoisotopic (exact) mass is 106 g/mol. The fraction of sp³-hybridized carbons (Fsp3) is 0.750. The third kappa shape index (κ3) is 346. The van der Waals surface area contributed by atoms with Crippen LogP contribution >= 0.6 is 0 Å². The van der Waals surface area contributed by atoms with Gasteiger partial charge in [-0.05, 0) is 6.92 Å². The van der Waals surface area contributed by atoms with Gasteiger partial charge in [-0.1, -0.05) is 0 Å². The molecule has 0 radical (unpaired) electrons. The molecule has 0 aliphatic carbocycles. The van der Waals surface area contributed by atoms with E-state index in [0.29, 0.717) is 6.47 Å². The lowest BCUT2D eigenvalue weighted by Gasteiger charge is -1.67. The molecule has 0 amide bonds. The zero-order chi connectivity index (χ0) is 6.12. The quantitative estimate of drug-likeness (QED) is 0.470. The number of hydrogen-bond donors (Lipinski definition) is 1. The van der Waals surface area contributed by atoms with Crippen molar-refractivity contribution in [3.8, 4) is 0 Å². The molecular weight excluding hydrogens is 96.0 g/mol. The number of carbonyl (C=O) groups excluding carboxylic acids is 1. The fourth-order valence-corrected chi connectivity index (χ4v) is 0. The SMILES string of the molecule is CCO.COC=O. The van der Waals surface area contributed by atoms with Crippen molar-refractivity contribution in [3.63, 3.8) is 0 Å². The number of ether oxygens (including phenoxy) is 1. The van der Waals surface area contributed by atoms with E-state index in [2.05, 4.69) is 4.74 Å². The Bertz CT molecular complexity index is 28.1. The molecule has 3 nitrogen and oxygen atoms in total. The second kappa shape index (κ2) is 18.0. The second-order valence-corrected chi connectivity index (χ2v) is 0.648. The van der Waals surface area contributed by atoms with Crippen molar-refractivity contribution in [2.24, 2.45) is 0 Å². The maximum absolute atomic E-state index is 8.95. The molecule has 7 heavy (non-hydrogen) atoms. The van der Waals surface area contributed by atoms with Crippen LogP contribution in [0, 0.1) is 0 Å². The Hall–Kier alpha value is -0.570. The lowest BCUT2D eigenvalue weighted by Crippen LogP contribution is -1.68. The van der Waals surface area contributed by atoms with Crippen molar-refractivity contribution in [1.82, 2.24) is 0 Å². The van der Waals surface area contributed by atoms with Crippen LogP contribution in [0.25, 0.3) is 0 Å². The van der Waals surface area contributed by atoms with Gasteiger partial charge in [0.05, 0.1) is 7.11 Å². The van der Waals surface area contributed by atoms with Gasteiger partial charge >= 0.3 is 0 Å². The highest BCUT2D eigenvalue weighted by atomic mass is 16.5. The number of methoxy groups -OCH3 is 1. The van der Waals surface area contributed by atoms with E-state index in [1.54, 1.807) is 6.92 Å². The van der Waals surface area contributed by atoms with Crippen LogP contribution in [0.15, 0.2) is 0 Å². The van der Waals surface area contributed by atoms with Crippen molar-refractivity contribution in [1.29, 1.82) is 0 Å². The molecule has 0 bridgehead atoms. The Balaban J connectivity index is 0. The summed E-state index contributed by atoms with van der Waals surface area (Å²) < 4.78 is 3.86. The third-order valence-electron chi connectivity index (χ3n) is 0.0962. The minimum Gasteiger partial charge on any atom is -0.471 e. The largest absolute Gasteiger partial charge is 0.471 e. The number of carbonyl (C=O) groups is 1. The summed E-state index contributed by atoms with van der Waals surface area (Å²) in [6, 6.07) is 0. The minimum atomic E-state index is 0.250. The van der Waals surface area contributed by atoms with Crippen LogP contribution in [0.4, 0.5) is 0 Å². The summed E-state index contributed by atoms with van der Waals surface area (Å²) in [6.45, 7) is 2.31. The van der Waals surface area contributed by atoms with Gasteiger partial charge in [-0.2, -0.15) is 0 Å². The molecule has 0 aliphatic heterocycles. The van der Waals surface area contributed by atoms with E-state index >= 15 is 0 Å². The molecule has 0 aromatic heterocycles. The summed E-state index contributed by atoms with van der Waals surface area (Å²) in [4.78, 5) is 8.95. The molecule has 0 rings (SSSR count). The molecule has 0 atom stereocenters. The topological polar surface area (TPSA) is 46.5 Å². The first-order chi connectivity index (χ1) is 3.33. The highest BCUT2D eigenvalue weighted by molar-refractivity contribution is 5.36. The Morgan fingerprint density at radius 1 is 1.86 bits per heavy atom. The Labute approximate surface area is 42.9 Å². The van der Waals surface area contributed by atoms with Crippen LogP contribution in [-0.2, 0) is 9.53 Å². The smallest absolute Gasteiger partial charge is 0.292 e. The van der Waals surface area contributed by atoms with Gasteiger partial charge in [0, 0.05) is 6.61 Å². The second-order valence-electron chi connectivity index (χ2n) is 0.648. The van der Waals surface area contributed by atoms with Gasteiger partial charge in [-0.25, -0.2) is 0 Å². The maximum Gasteiger partial charge on any atom is 0.292 e. The molecule has 3 heteroatoms. The van der Waals surface area contributed by atoms with Crippen LogP contribution in [0.1, 0.15) is 6.92 Å². The first-order valence-electron chi connectivity index (χ1n) is 1.90. The molecule has 0 spiro atoms. The summed E-state index contributed by atoms with van der Waals surface area (Å²) in [5, 5.41) is 7.57. The van der Waals surface area contributed by atoms with Crippen LogP contribution in [-0.4, -0.2) is 25.3 Å². The molecule has 0 heterocycles. The van der Waals surface area contributed by atoms with E-state index in [4.69, 9.17) is 9.90 Å². The lowest BCUT2D eigenvalue weighted by molar-refractivity contribution is -0.126. The van der Waals surface area contributed by atoms with Crippen molar-refractivity contribution < 1.29 is 14.6 Å². The summed E-state index contributed by atoms with van der Waals surface area (Å²) >= 11 is 0. The van der Waals surface area contributed by atoms with Crippen molar-refractivity contribution >= 4 is 6.47 Å². The summed E-state index contributed by atoms with van der Waals surface area (Å²) in [5.41, 5.74) is 0. The number of hydrogen-bond acceptors (Lipinski definition) is 3. The van der Waals surface area contributed by atoms with Crippen molar-refractivity contribution in [2.45, 2.75) is 6.92 Å². The van der Waals surface area contributed by atoms with Crippen LogP contribution < -0.4 is 0 Å². The Morgan fingerprint density at radius 2 is 2.00 bits per heavy atom. The third-order valence-corrected chi connectivity index (χ3v) is 0.0962. The molecule has 0 saturated heterocycles. The van der Waals surface area contributed by atoms with Gasteiger partial charge in [0.2, 0.25) is 0 Å². The van der Waals surface area contributed by atoms with Gasteiger partial charge < -0.3 is 9.84 Å². The predicted octanol–water partition coefficient (Wildman–Crippen LogP) is -0.212. The zero-order valence-corrected chi connectivity index (χ0v) is 4.55. The summed E-state index contributed by atoms with van der Waals surface area (Å²) in [5.74, 6) is 0. The van der Waals surface area contributed by atoms with Crippen LogP contribution in [0.5, 0.6) is 0 Å². The normalized spacial score (nSPS) is 5.57. The van der Waals surface area contributed by atoms with Crippen LogP contribution in [0.3, 0.4) is 0 Å². The highest BCUT2D eigenvalue weighted by Gasteiger charge is 1.44. The van der Waals surface area contributed by atoms with E-state index in [1.165, 1.54) is 7.11 Å². The number of aliphatic hydroxyl groups is 1. The predicted molar refractivity (Wildman–Crippen MR) is 25.8 cm³/mol. The first-order valence-corrected chi connectivity index (χ1v) is 1.90. The zero-order valence-electron chi connectivity index (χ0n) is 4.55. The van der Waals surface area contributed by atoms with Gasteiger partial charge in [0.25, 0.3) is 6.47 Å². The molecule has 0 aliphatic rings. The average Bonchev–Trinajstić information content (AvgIpc) is 1.69. The minimum absolute atomic E-state index is 0.250. The number of aliphatic hydroxyl groups excluding tert-OH is 1. The highest BCUT2D eigenvalue weighted by Crippen LogP contribution is 1.35. The van der Waals surface area contributed by atoms with Gasteiger partial charge in [-0.3, -0.25) is 4.79 Å². The van der Waals surface area contributed by atoms with E-state index in [1.807, 2.05) is 0 Å². The van der Waals surface area contributed by atoms with E-state index < -0.39 is 0 Å². The van der Waals surface area contributed by atoms with E-state index in [9.17, 15) is 0 Å². The molecule has 0 saturated carbocycles. The standard InChI is InChI=1S/C2H4O2.C2H6O/c1-4-2-3;1-2-3/h2H,1H3;3H,2H2,1H3. The molecule has 0 fully saturated rings. The average molecular weight is 106 g/mol. The lowest BCUT2D eigenvalue weighted by atomic mass is 10.9. The molecule has 1 N–H and O–H groups in total. The fourth-order valence-electron chi connectivity index (χ4n) is 0. The molecule has 0 aromatic carbocycles. The van der Waals surface area contributed by atoms with E-state index in [-0.39, 0.29) is 6.61 Å². The number of rotatable bonds is 1. The Morgan fingerprint density at radius 3 is 2.00 bits per heavy atom. The molecule has 0 aromatic rings. The summed E-state index contributed by atoms with van der Waals surface area (Å²) in [7, 11) is 1.31. The maximum atomic E-state index is 8.95. The van der Waals surface area contributed by atoms with Gasteiger partial charge in [-0.15, -0.1) is 0 Å². The molecule has 0 unspecified atom stereocenters. The van der Waals surface area contributed by atoms with Gasteiger partial charge in [0.1, 0.15) is 0 Å². The van der Waals surface area contributed by atoms with Gasteiger partial charge in [0.15, 0.2) is 0 Å².